The zero-order chi connectivity index (χ0) is 18.8. The summed E-state index contributed by atoms with van der Waals surface area (Å²) in [4.78, 5) is 5.89. The quantitative estimate of drug-likeness (QED) is 0.392. The molecule has 0 saturated heterocycles. The van der Waals surface area contributed by atoms with Gasteiger partial charge in [0.2, 0.25) is 0 Å². The molecule has 0 atom stereocenters. The smallest absolute Gasteiger partial charge is 0.123 e. The third-order valence-electron chi connectivity index (χ3n) is 4.48. The van der Waals surface area contributed by atoms with Gasteiger partial charge in [0.1, 0.15) is 11.6 Å². The van der Waals surface area contributed by atoms with Gasteiger partial charge in [-0.3, -0.25) is 0 Å². The molecule has 0 fully saturated rings. The van der Waals surface area contributed by atoms with Crippen LogP contribution in [0.4, 0.5) is 8.78 Å². The SMILES string of the molecule is Cc1nc(C(c2ccc(F)cc2)c2ccc(F)cc2)c(-c2ccccc2)s1. The van der Waals surface area contributed by atoms with Crippen molar-refractivity contribution in [2.75, 3.05) is 0 Å². The Morgan fingerprint density at radius 3 is 1.78 bits per heavy atom. The predicted octanol–water partition coefficient (Wildman–Crippen LogP) is 6.58. The Balaban J connectivity index is 1.92. The number of nitrogens with zero attached hydrogens (tertiary/aromatic N) is 1. The number of aromatic nitrogens is 1. The van der Waals surface area contributed by atoms with Crippen molar-refractivity contribution in [3.05, 3.63) is 112 Å². The van der Waals surface area contributed by atoms with Gasteiger partial charge in [0.25, 0.3) is 0 Å². The molecule has 0 N–H and O–H groups in total. The molecule has 0 radical (unpaired) electrons. The molecule has 0 unspecified atom stereocenters. The van der Waals surface area contributed by atoms with Gasteiger partial charge < -0.3 is 0 Å². The maximum absolute atomic E-state index is 13.5. The first kappa shape index (κ1) is 17.6. The minimum atomic E-state index is -0.283. The van der Waals surface area contributed by atoms with Crippen molar-refractivity contribution >= 4 is 11.3 Å². The molecule has 0 aliphatic rings. The number of hydrogen-bond acceptors (Lipinski definition) is 2. The van der Waals surface area contributed by atoms with Crippen LogP contribution in [0.2, 0.25) is 0 Å². The second-order valence-corrected chi connectivity index (χ2v) is 7.55. The lowest BCUT2D eigenvalue weighted by Gasteiger charge is -2.18. The first-order chi connectivity index (χ1) is 13.1. The summed E-state index contributed by atoms with van der Waals surface area (Å²) >= 11 is 1.63. The van der Waals surface area contributed by atoms with E-state index in [2.05, 4.69) is 12.1 Å². The van der Waals surface area contributed by atoms with Crippen molar-refractivity contribution in [2.24, 2.45) is 0 Å². The van der Waals surface area contributed by atoms with E-state index in [1.165, 1.54) is 24.3 Å². The molecule has 4 aromatic rings. The van der Waals surface area contributed by atoms with Crippen LogP contribution in [0.5, 0.6) is 0 Å². The van der Waals surface area contributed by atoms with Crippen molar-refractivity contribution in [3.8, 4) is 10.4 Å². The largest absolute Gasteiger partial charge is 0.245 e. The highest BCUT2D eigenvalue weighted by atomic mass is 32.1. The van der Waals surface area contributed by atoms with Crippen LogP contribution in [-0.4, -0.2) is 4.98 Å². The van der Waals surface area contributed by atoms with Crippen LogP contribution in [0, 0.1) is 18.6 Å². The van der Waals surface area contributed by atoms with Crippen molar-refractivity contribution < 1.29 is 8.78 Å². The van der Waals surface area contributed by atoms with Gasteiger partial charge in [-0.2, -0.15) is 0 Å². The fourth-order valence-electron chi connectivity index (χ4n) is 3.25. The molecule has 0 aliphatic heterocycles. The van der Waals surface area contributed by atoms with Crippen LogP contribution in [0.3, 0.4) is 0 Å². The number of rotatable bonds is 4. The maximum atomic E-state index is 13.5. The van der Waals surface area contributed by atoms with Crippen LogP contribution in [-0.2, 0) is 0 Å². The standard InChI is InChI=1S/C23H17F2NS/c1-15-26-22(23(27-15)18-5-3-2-4-6-18)21(16-7-11-19(24)12-8-16)17-9-13-20(25)14-10-17/h2-14,21H,1H3. The Bertz CT molecular complexity index is 993. The monoisotopic (exact) mass is 377 g/mol. The Labute approximate surface area is 161 Å². The van der Waals surface area contributed by atoms with Crippen molar-refractivity contribution in [2.45, 2.75) is 12.8 Å². The average molecular weight is 377 g/mol. The Morgan fingerprint density at radius 1 is 0.741 bits per heavy atom. The number of halogens is 2. The second kappa shape index (κ2) is 7.41. The van der Waals surface area contributed by atoms with Crippen LogP contribution in [0.1, 0.15) is 27.7 Å². The number of benzene rings is 3. The van der Waals surface area contributed by atoms with Crippen molar-refractivity contribution in [1.29, 1.82) is 0 Å². The topological polar surface area (TPSA) is 12.9 Å². The molecule has 1 aromatic heterocycles. The maximum Gasteiger partial charge on any atom is 0.123 e. The van der Waals surface area contributed by atoms with Gasteiger partial charge in [0.15, 0.2) is 0 Å². The Morgan fingerprint density at radius 2 is 1.26 bits per heavy atom. The second-order valence-electron chi connectivity index (χ2n) is 6.35. The van der Waals surface area contributed by atoms with Gasteiger partial charge in [-0.05, 0) is 47.9 Å². The molecule has 1 nitrogen and oxygen atoms in total. The van der Waals surface area contributed by atoms with Gasteiger partial charge in [-0.1, -0.05) is 54.6 Å². The van der Waals surface area contributed by atoms with Crippen molar-refractivity contribution in [3.63, 3.8) is 0 Å². The normalized spacial score (nSPS) is 11.1. The lowest BCUT2D eigenvalue weighted by molar-refractivity contribution is 0.626. The molecule has 0 amide bonds. The first-order valence-electron chi connectivity index (χ1n) is 8.65. The number of thiazole rings is 1. The summed E-state index contributed by atoms with van der Waals surface area (Å²) < 4.78 is 27.0. The first-order valence-corrected chi connectivity index (χ1v) is 9.47. The molecular formula is C23H17F2NS. The molecule has 4 heteroatoms. The van der Waals surface area contributed by atoms with E-state index >= 15 is 0 Å². The third-order valence-corrected chi connectivity index (χ3v) is 5.51. The third kappa shape index (κ3) is 3.67. The Kier molecular flexibility index (Phi) is 4.82. The summed E-state index contributed by atoms with van der Waals surface area (Å²) in [5, 5.41) is 0.957. The summed E-state index contributed by atoms with van der Waals surface area (Å²) in [7, 11) is 0. The molecule has 0 saturated carbocycles. The summed E-state index contributed by atoms with van der Waals surface area (Å²) in [6, 6.07) is 23.0. The lowest BCUT2D eigenvalue weighted by atomic mass is 9.87. The summed E-state index contributed by atoms with van der Waals surface area (Å²) in [6.45, 7) is 1.98. The van der Waals surface area contributed by atoms with Crippen LogP contribution in [0.25, 0.3) is 10.4 Å². The summed E-state index contributed by atoms with van der Waals surface area (Å²) in [6.07, 6.45) is 0. The van der Waals surface area contributed by atoms with Gasteiger partial charge >= 0.3 is 0 Å². The molecule has 27 heavy (non-hydrogen) atoms. The zero-order valence-corrected chi connectivity index (χ0v) is 15.5. The molecule has 4 rings (SSSR count). The highest BCUT2D eigenvalue weighted by molar-refractivity contribution is 7.15. The average Bonchev–Trinajstić information content (AvgIpc) is 3.07. The minimum absolute atomic E-state index is 0.202. The van der Waals surface area contributed by atoms with E-state index in [1.807, 2.05) is 25.1 Å². The van der Waals surface area contributed by atoms with Crippen LogP contribution >= 0.6 is 11.3 Å². The van der Waals surface area contributed by atoms with Gasteiger partial charge in [0, 0.05) is 0 Å². The molecule has 3 aromatic carbocycles. The molecular weight excluding hydrogens is 360 g/mol. The van der Waals surface area contributed by atoms with E-state index in [-0.39, 0.29) is 17.6 Å². The zero-order valence-electron chi connectivity index (χ0n) is 14.7. The number of hydrogen-bond donors (Lipinski definition) is 0. The molecule has 0 bridgehead atoms. The van der Waals surface area contributed by atoms with Gasteiger partial charge in [0.05, 0.1) is 21.5 Å². The van der Waals surface area contributed by atoms with E-state index in [0.717, 1.165) is 32.3 Å². The summed E-state index contributed by atoms with van der Waals surface area (Å²) in [5.74, 6) is -0.768. The number of aryl methyl sites for hydroxylation is 1. The lowest BCUT2D eigenvalue weighted by Crippen LogP contribution is -2.06. The summed E-state index contributed by atoms with van der Waals surface area (Å²) in [5.41, 5.74) is 3.84. The van der Waals surface area contributed by atoms with E-state index < -0.39 is 0 Å². The van der Waals surface area contributed by atoms with E-state index in [0.29, 0.717) is 0 Å². The predicted molar refractivity (Wildman–Crippen MR) is 106 cm³/mol. The van der Waals surface area contributed by atoms with Crippen molar-refractivity contribution in [1.82, 2.24) is 4.98 Å². The van der Waals surface area contributed by atoms with Gasteiger partial charge in [-0.25, -0.2) is 13.8 Å². The fraction of sp³-hybridized carbons (Fsp3) is 0.0870. The Hall–Kier alpha value is -2.85. The van der Waals surface area contributed by atoms with E-state index in [4.69, 9.17) is 4.98 Å². The minimum Gasteiger partial charge on any atom is -0.245 e. The highest BCUT2D eigenvalue weighted by Gasteiger charge is 2.24. The van der Waals surface area contributed by atoms with Gasteiger partial charge in [-0.15, -0.1) is 11.3 Å². The fourth-order valence-corrected chi connectivity index (χ4v) is 4.22. The molecule has 134 valence electrons. The molecule has 0 aliphatic carbocycles. The highest BCUT2D eigenvalue weighted by Crippen LogP contribution is 2.40. The van der Waals surface area contributed by atoms with Crippen LogP contribution in [0.15, 0.2) is 78.9 Å². The molecule has 1 heterocycles. The van der Waals surface area contributed by atoms with Crippen LogP contribution < -0.4 is 0 Å². The molecule has 0 spiro atoms. The van der Waals surface area contributed by atoms with E-state index in [9.17, 15) is 8.78 Å². The van der Waals surface area contributed by atoms with E-state index in [1.54, 1.807) is 35.6 Å².